The van der Waals surface area contributed by atoms with Gasteiger partial charge in [0.15, 0.2) is 17.5 Å². The van der Waals surface area contributed by atoms with E-state index in [0.29, 0.717) is 17.5 Å². The van der Waals surface area contributed by atoms with Crippen LogP contribution in [-0.2, 0) is 0 Å². The predicted octanol–water partition coefficient (Wildman–Crippen LogP) is 9.55. The summed E-state index contributed by atoms with van der Waals surface area (Å²) in [7, 11) is 0. The lowest BCUT2D eigenvalue weighted by atomic mass is 9.96. The number of hydrogen-bond donors (Lipinski definition) is 0. The standard InChI is InChI=1S/C35H21N3S/c1-2-7-24(8-3-1)33-36-34(26-14-17-32-25(20-26)18-19-39-32)38-35(37-33)27-11-10-23-13-15-29-28-9-5-4-6-22(28)12-16-30(29)31(23)21-27/h1-21H. The lowest BCUT2D eigenvalue weighted by Gasteiger charge is -2.11. The smallest absolute Gasteiger partial charge is 0.164 e. The zero-order chi connectivity index (χ0) is 25.8. The van der Waals surface area contributed by atoms with Crippen LogP contribution in [0.15, 0.2) is 127 Å². The van der Waals surface area contributed by atoms with Crippen LogP contribution in [0.4, 0.5) is 0 Å². The Morgan fingerprint density at radius 3 is 1.82 bits per heavy atom. The van der Waals surface area contributed by atoms with Crippen molar-refractivity contribution in [2.45, 2.75) is 0 Å². The molecule has 0 aliphatic heterocycles. The highest BCUT2D eigenvalue weighted by Crippen LogP contribution is 2.34. The van der Waals surface area contributed by atoms with Gasteiger partial charge in [-0.05, 0) is 73.4 Å². The summed E-state index contributed by atoms with van der Waals surface area (Å²) in [5.41, 5.74) is 2.93. The molecule has 0 amide bonds. The Kier molecular flexibility index (Phi) is 5.00. The summed E-state index contributed by atoms with van der Waals surface area (Å²) in [5.74, 6) is 2.02. The van der Waals surface area contributed by atoms with Gasteiger partial charge in [0.1, 0.15) is 0 Å². The Bertz CT molecular complexity index is 2180. The monoisotopic (exact) mass is 515 g/mol. The van der Waals surface area contributed by atoms with Crippen molar-refractivity contribution in [1.82, 2.24) is 15.0 Å². The van der Waals surface area contributed by atoms with Gasteiger partial charge in [-0.25, -0.2) is 15.0 Å². The fourth-order valence-corrected chi connectivity index (χ4v) is 6.18. The van der Waals surface area contributed by atoms with Crippen molar-refractivity contribution >= 4 is 53.7 Å². The topological polar surface area (TPSA) is 38.7 Å². The van der Waals surface area contributed by atoms with E-state index in [-0.39, 0.29) is 0 Å². The Hall–Kier alpha value is -4.93. The summed E-state index contributed by atoms with van der Waals surface area (Å²) in [6.07, 6.45) is 0. The molecular weight excluding hydrogens is 494 g/mol. The Balaban J connectivity index is 1.36. The largest absolute Gasteiger partial charge is 0.208 e. The second kappa shape index (κ2) is 8.83. The normalized spacial score (nSPS) is 11.6. The quantitative estimate of drug-likeness (QED) is 0.220. The van der Waals surface area contributed by atoms with Gasteiger partial charge in [0, 0.05) is 21.4 Å². The molecule has 8 rings (SSSR count). The molecule has 0 atom stereocenters. The number of nitrogens with zero attached hydrogens (tertiary/aromatic N) is 3. The molecule has 0 radical (unpaired) electrons. The molecule has 39 heavy (non-hydrogen) atoms. The molecule has 0 fully saturated rings. The minimum atomic E-state index is 0.670. The molecule has 3 nitrogen and oxygen atoms in total. The summed E-state index contributed by atoms with van der Waals surface area (Å²) >= 11 is 1.74. The molecule has 0 saturated heterocycles. The van der Waals surface area contributed by atoms with E-state index >= 15 is 0 Å². The van der Waals surface area contributed by atoms with Gasteiger partial charge in [-0.15, -0.1) is 11.3 Å². The third-order valence-electron chi connectivity index (χ3n) is 7.38. The van der Waals surface area contributed by atoms with Crippen LogP contribution in [0.3, 0.4) is 0 Å². The molecule has 0 unspecified atom stereocenters. The molecule has 2 heterocycles. The Labute approximate surface area is 229 Å². The second-order valence-corrected chi connectivity index (χ2v) is 10.7. The Morgan fingerprint density at radius 2 is 1.00 bits per heavy atom. The number of fused-ring (bicyclic) bond motifs is 6. The number of benzene rings is 6. The summed E-state index contributed by atoms with van der Waals surface area (Å²) in [4.78, 5) is 14.9. The number of thiophene rings is 1. The molecule has 0 spiro atoms. The maximum absolute atomic E-state index is 5.01. The highest BCUT2D eigenvalue weighted by molar-refractivity contribution is 7.17. The van der Waals surface area contributed by atoms with Crippen LogP contribution >= 0.6 is 11.3 Å². The molecular formula is C35H21N3S. The van der Waals surface area contributed by atoms with Crippen molar-refractivity contribution in [2.75, 3.05) is 0 Å². The van der Waals surface area contributed by atoms with Gasteiger partial charge in [-0.2, -0.15) is 0 Å². The zero-order valence-electron chi connectivity index (χ0n) is 20.9. The highest BCUT2D eigenvalue weighted by Gasteiger charge is 2.14. The lowest BCUT2D eigenvalue weighted by molar-refractivity contribution is 1.08. The maximum Gasteiger partial charge on any atom is 0.164 e. The van der Waals surface area contributed by atoms with E-state index in [9.17, 15) is 0 Å². The molecule has 0 N–H and O–H groups in total. The van der Waals surface area contributed by atoms with Crippen LogP contribution in [-0.4, -0.2) is 15.0 Å². The first-order chi connectivity index (χ1) is 19.3. The van der Waals surface area contributed by atoms with E-state index in [4.69, 9.17) is 15.0 Å². The molecule has 0 saturated carbocycles. The van der Waals surface area contributed by atoms with E-state index in [0.717, 1.165) is 16.7 Å². The third kappa shape index (κ3) is 3.77. The van der Waals surface area contributed by atoms with E-state index in [1.165, 1.54) is 42.4 Å². The van der Waals surface area contributed by atoms with Crippen molar-refractivity contribution in [3.8, 4) is 34.2 Å². The van der Waals surface area contributed by atoms with Crippen molar-refractivity contribution in [3.63, 3.8) is 0 Å². The first-order valence-corrected chi connectivity index (χ1v) is 13.8. The number of hydrogen-bond acceptors (Lipinski definition) is 4. The van der Waals surface area contributed by atoms with Gasteiger partial charge in [0.25, 0.3) is 0 Å². The average molecular weight is 516 g/mol. The molecule has 8 aromatic rings. The second-order valence-electron chi connectivity index (χ2n) is 9.73. The van der Waals surface area contributed by atoms with Crippen LogP contribution in [0.1, 0.15) is 0 Å². The van der Waals surface area contributed by atoms with E-state index in [1.807, 2.05) is 30.3 Å². The van der Waals surface area contributed by atoms with Gasteiger partial charge >= 0.3 is 0 Å². The van der Waals surface area contributed by atoms with Crippen molar-refractivity contribution in [2.24, 2.45) is 0 Å². The fraction of sp³-hybridized carbons (Fsp3) is 0. The lowest BCUT2D eigenvalue weighted by Crippen LogP contribution is -2.00. The van der Waals surface area contributed by atoms with E-state index in [1.54, 1.807) is 11.3 Å². The predicted molar refractivity (Wildman–Crippen MR) is 164 cm³/mol. The van der Waals surface area contributed by atoms with E-state index < -0.39 is 0 Å². The number of aromatic nitrogens is 3. The molecule has 6 aromatic carbocycles. The van der Waals surface area contributed by atoms with Crippen LogP contribution in [0.25, 0.3) is 76.6 Å². The van der Waals surface area contributed by atoms with Crippen LogP contribution in [0.5, 0.6) is 0 Å². The van der Waals surface area contributed by atoms with Gasteiger partial charge in [0.05, 0.1) is 0 Å². The first-order valence-electron chi connectivity index (χ1n) is 12.9. The average Bonchev–Trinajstić information content (AvgIpc) is 3.49. The van der Waals surface area contributed by atoms with Gasteiger partial charge < -0.3 is 0 Å². The first kappa shape index (κ1) is 22.1. The third-order valence-corrected chi connectivity index (χ3v) is 8.28. The van der Waals surface area contributed by atoms with Gasteiger partial charge in [0.2, 0.25) is 0 Å². The zero-order valence-corrected chi connectivity index (χ0v) is 21.7. The van der Waals surface area contributed by atoms with E-state index in [2.05, 4.69) is 96.4 Å². The summed E-state index contributed by atoms with van der Waals surface area (Å²) in [5, 5.41) is 10.7. The molecule has 4 heteroatoms. The van der Waals surface area contributed by atoms with Crippen molar-refractivity contribution < 1.29 is 0 Å². The molecule has 2 aromatic heterocycles. The van der Waals surface area contributed by atoms with Gasteiger partial charge in [-0.1, -0.05) is 91.0 Å². The van der Waals surface area contributed by atoms with Crippen molar-refractivity contribution in [1.29, 1.82) is 0 Å². The molecule has 182 valence electrons. The number of rotatable bonds is 3. The van der Waals surface area contributed by atoms with Crippen LogP contribution in [0.2, 0.25) is 0 Å². The molecule has 0 aliphatic carbocycles. The van der Waals surface area contributed by atoms with Gasteiger partial charge in [-0.3, -0.25) is 0 Å². The summed E-state index contributed by atoms with van der Waals surface area (Å²) < 4.78 is 1.25. The molecule has 0 aliphatic rings. The summed E-state index contributed by atoms with van der Waals surface area (Å²) in [6, 6.07) is 42.6. The summed E-state index contributed by atoms with van der Waals surface area (Å²) in [6.45, 7) is 0. The highest BCUT2D eigenvalue weighted by atomic mass is 32.1. The minimum absolute atomic E-state index is 0.670. The van der Waals surface area contributed by atoms with Crippen LogP contribution in [0, 0.1) is 0 Å². The van der Waals surface area contributed by atoms with Crippen molar-refractivity contribution in [3.05, 3.63) is 127 Å². The Morgan fingerprint density at radius 1 is 0.385 bits per heavy atom. The maximum atomic E-state index is 5.01. The molecule has 0 bridgehead atoms. The van der Waals surface area contributed by atoms with Crippen LogP contribution < -0.4 is 0 Å². The SMILES string of the molecule is c1ccc(-c2nc(-c3ccc4sccc4c3)nc(-c3ccc4ccc5c6ccccc6ccc5c4c3)n2)cc1. The minimum Gasteiger partial charge on any atom is -0.208 e. The fourth-order valence-electron chi connectivity index (χ4n) is 5.41.